The van der Waals surface area contributed by atoms with Crippen LogP contribution in [0.3, 0.4) is 0 Å². The van der Waals surface area contributed by atoms with Crippen molar-refractivity contribution in [2.45, 2.75) is 39.0 Å². The Kier molecular flexibility index (Phi) is 14.0. The van der Waals surface area contributed by atoms with Crippen molar-refractivity contribution in [1.29, 1.82) is 0 Å². The molecule has 0 aliphatic heterocycles. The fraction of sp³-hybridized carbons (Fsp3) is 0.481. The number of allylic oxidation sites excluding steroid dienone is 1. The summed E-state index contributed by atoms with van der Waals surface area (Å²) in [6.07, 6.45) is 10.9. The molecule has 2 aromatic heterocycles. The van der Waals surface area contributed by atoms with Crippen LogP contribution in [-0.4, -0.2) is 84.3 Å². The van der Waals surface area contributed by atoms with E-state index in [9.17, 15) is 14.4 Å². The first-order chi connectivity index (χ1) is 18.4. The number of nitrogens with one attached hydrogen (secondary N) is 4. The second kappa shape index (κ2) is 17.6. The minimum Gasteiger partial charge on any atom is -0.369 e. The van der Waals surface area contributed by atoms with Crippen LogP contribution in [0.5, 0.6) is 0 Å². The zero-order valence-corrected chi connectivity index (χ0v) is 22.6. The molecule has 2 rings (SSSR count). The number of ketones is 1. The molecule has 0 bridgehead atoms. The lowest BCUT2D eigenvalue weighted by atomic mass is 10.2. The van der Waals surface area contributed by atoms with Gasteiger partial charge in [0.25, 0.3) is 5.91 Å². The van der Waals surface area contributed by atoms with Gasteiger partial charge in [-0.3, -0.25) is 19.4 Å². The van der Waals surface area contributed by atoms with Gasteiger partial charge in [0.1, 0.15) is 11.4 Å². The first kappa shape index (κ1) is 30.4. The lowest BCUT2D eigenvalue weighted by Gasteiger charge is -2.13. The fourth-order valence-corrected chi connectivity index (χ4v) is 3.30. The summed E-state index contributed by atoms with van der Waals surface area (Å²) in [5.41, 5.74) is 1.52. The number of rotatable bonds is 18. The number of amides is 2. The van der Waals surface area contributed by atoms with Crippen molar-refractivity contribution in [3.8, 4) is 0 Å². The van der Waals surface area contributed by atoms with Gasteiger partial charge >= 0.3 is 0 Å². The van der Waals surface area contributed by atoms with Gasteiger partial charge in [0.05, 0.1) is 0 Å². The minimum atomic E-state index is -0.284. The number of carbonyl (C=O) groups excluding carboxylic acids is 3. The van der Waals surface area contributed by atoms with Crippen LogP contribution in [0.1, 0.15) is 48.5 Å². The minimum absolute atomic E-state index is 0.0704. The Morgan fingerprint density at radius 1 is 0.974 bits per heavy atom. The standard InChI is InChI=1S/C27H40N8O3/c1-4-13-30-25-23(20-33-27(34-25)32-18-12-21-10-16-28-17-11-21)26(38)31-15-6-14-29-24(37)9-8-22(36)7-5-19-35(2)3/h5,7,10-11,16-17,20H,4,6,8-9,12-15,18-19H2,1-3H3,(H,29,37)(H,31,38)(H2,30,32,33,34)/b7-5+. The molecular formula is C27H40N8O3. The van der Waals surface area contributed by atoms with Crippen molar-refractivity contribution in [3.05, 3.63) is 54.0 Å². The second-order valence-corrected chi connectivity index (χ2v) is 9.01. The van der Waals surface area contributed by atoms with Gasteiger partial charge in [-0.25, -0.2) is 4.98 Å². The molecule has 0 saturated heterocycles. The van der Waals surface area contributed by atoms with Gasteiger partial charge in [-0.05, 0) is 57.1 Å². The second-order valence-electron chi connectivity index (χ2n) is 9.01. The lowest BCUT2D eigenvalue weighted by Crippen LogP contribution is -2.30. The van der Waals surface area contributed by atoms with Gasteiger partial charge < -0.3 is 26.2 Å². The van der Waals surface area contributed by atoms with Gasteiger partial charge in [0.2, 0.25) is 11.9 Å². The number of pyridine rings is 1. The van der Waals surface area contributed by atoms with E-state index in [0.29, 0.717) is 56.5 Å². The first-order valence-electron chi connectivity index (χ1n) is 13.0. The van der Waals surface area contributed by atoms with Crippen molar-refractivity contribution in [2.24, 2.45) is 0 Å². The Balaban J connectivity index is 1.74. The van der Waals surface area contributed by atoms with Crippen LogP contribution in [0.2, 0.25) is 0 Å². The number of carbonyl (C=O) groups is 3. The molecule has 0 unspecified atom stereocenters. The predicted molar refractivity (Wildman–Crippen MR) is 149 cm³/mol. The molecule has 0 fully saturated rings. The van der Waals surface area contributed by atoms with E-state index in [-0.39, 0.29) is 30.4 Å². The van der Waals surface area contributed by atoms with E-state index in [1.54, 1.807) is 18.5 Å². The highest BCUT2D eigenvalue weighted by atomic mass is 16.2. The van der Waals surface area contributed by atoms with Gasteiger partial charge in [-0.1, -0.05) is 13.0 Å². The summed E-state index contributed by atoms with van der Waals surface area (Å²) in [6, 6.07) is 3.92. The van der Waals surface area contributed by atoms with E-state index >= 15 is 0 Å². The number of hydrogen-bond acceptors (Lipinski definition) is 9. The lowest BCUT2D eigenvalue weighted by molar-refractivity contribution is -0.123. The maximum Gasteiger partial charge on any atom is 0.256 e. The Morgan fingerprint density at radius 2 is 1.74 bits per heavy atom. The zero-order valence-electron chi connectivity index (χ0n) is 22.6. The highest BCUT2D eigenvalue weighted by Crippen LogP contribution is 2.14. The molecular weight excluding hydrogens is 484 g/mol. The van der Waals surface area contributed by atoms with E-state index < -0.39 is 0 Å². The molecule has 0 radical (unpaired) electrons. The number of anilines is 2. The van der Waals surface area contributed by atoms with Crippen molar-refractivity contribution in [1.82, 2.24) is 30.5 Å². The summed E-state index contributed by atoms with van der Waals surface area (Å²) in [5.74, 6) is 0.386. The highest BCUT2D eigenvalue weighted by molar-refractivity contribution is 5.98. The third-order valence-electron chi connectivity index (χ3n) is 5.36. The van der Waals surface area contributed by atoms with E-state index in [1.165, 1.54) is 12.3 Å². The van der Waals surface area contributed by atoms with Gasteiger partial charge in [-0.2, -0.15) is 4.98 Å². The van der Waals surface area contributed by atoms with Crippen molar-refractivity contribution in [2.75, 3.05) is 57.5 Å². The van der Waals surface area contributed by atoms with E-state index in [4.69, 9.17) is 0 Å². The largest absolute Gasteiger partial charge is 0.369 e. The third-order valence-corrected chi connectivity index (χ3v) is 5.36. The maximum absolute atomic E-state index is 12.8. The molecule has 0 spiro atoms. The average molecular weight is 525 g/mol. The Hall–Kier alpha value is -3.86. The molecule has 2 heterocycles. The van der Waals surface area contributed by atoms with Crippen molar-refractivity contribution in [3.63, 3.8) is 0 Å². The van der Waals surface area contributed by atoms with Crippen molar-refractivity contribution >= 4 is 29.4 Å². The molecule has 206 valence electrons. The highest BCUT2D eigenvalue weighted by Gasteiger charge is 2.14. The van der Waals surface area contributed by atoms with E-state index in [1.807, 2.05) is 38.1 Å². The smallest absolute Gasteiger partial charge is 0.256 e. The van der Waals surface area contributed by atoms with Gasteiger partial charge in [-0.15, -0.1) is 0 Å². The fourth-order valence-electron chi connectivity index (χ4n) is 3.30. The first-order valence-corrected chi connectivity index (χ1v) is 13.0. The number of nitrogens with zero attached hydrogens (tertiary/aromatic N) is 4. The molecule has 0 atom stereocenters. The molecule has 11 nitrogen and oxygen atoms in total. The van der Waals surface area contributed by atoms with E-state index in [0.717, 1.165) is 18.4 Å². The number of hydrogen-bond donors (Lipinski definition) is 4. The molecule has 0 saturated carbocycles. The van der Waals surface area contributed by atoms with Crippen LogP contribution >= 0.6 is 0 Å². The Morgan fingerprint density at radius 3 is 2.47 bits per heavy atom. The molecule has 0 aliphatic rings. The topological polar surface area (TPSA) is 141 Å². The zero-order chi connectivity index (χ0) is 27.6. The summed E-state index contributed by atoms with van der Waals surface area (Å²) < 4.78 is 0. The van der Waals surface area contributed by atoms with Crippen LogP contribution in [0.4, 0.5) is 11.8 Å². The molecule has 0 aromatic carbocycles. The quantitative estimate of drug-likeness (QED) is 0.170. The maximum atomic E-state index is 12.8. The van der Waals surface area contributed by atoms with E-state index in [2.05, 4.69) is 36.2 Å². The van der Waals surface area contributed by atoms with Gasteiger partial charge in [0, 0.05) is 64.2 Å². The summed E-state index contributed by atoms with van der Waals surface area (Å²) in [5, 5.41) is 12.0. The normalized spacial score (nSPS) is 10.9. The molecule has 38 heavy (non-hydrogen) atoms. The predicted octanol–water partition coefficient (Wildman–Crippen LogP) is 2.05. The van der Waals surface area contributed by atoms with Crippen LogP contribution in [0.15, 0.2) is 42.9 Å². The molecule has 4 N–H and O–H groups in total. The SMILES string of the molecule is CCCNc1nc(NCCc2ccncc2)ncc1C(=O)NCCCNC(=O)CCC(=O)/C=C/CN(C)C. The Bertz CT molecular complexity index is 1040. The van der Waals surface area contributed by atoms with Crippen LogP contribution < -0.4 is 21.3 Å². The summed E-state index contributed by atoms with van der Waals surface area (Å²) in [7, 11) is 3.84. The van der Waals surface area contributed by atoms with Crippen LogP contribution in [0.25, 0.3) is 0 Å². The molecule has 0 aliphatic carbocycles. The third kappa shape index (κ3) is 12.4. The van der Waals surface area contributed by atoms with Crippen molar-refractivity contribution < 1.29 is 14.4 Å². The van der Waals surface area contributed by atoms with Gasteiger partial charge in [0.15, 0.2) is 5.78 Å². The average Bonchev–Trinajstić information content (AvgIpc) is 2.91. The summed E-state index contributed by atoms with van der Waals surface area (Å²) >= 11 is 0. The molecule has 11 heteroatoms. The summed E-state index contributed by atoms with van der Waals surface area (Å²) in [6.45, 7) is 4.82. The molecule has 2 amide bonds. The number of likely N-dealkylation sites (N-methyl/N-ethyl adjacent to an activating group) is 1. The Labute approximate surface area is 224 Å². The molecule has 2 aromatic rings. The van der Waals surface area contributed by atoms with Crippen LogP contribution in [-0.2, 0) is 16.0 Å². The van der Waals surface area contributed by atoms with Crippen LogP contribution in [0, 0.1) is 0 Å². The number of aromatic nitrogens is 3. The summed E-state index contributed by atoms with van der Waals surface area (Å²) in [4.78, 5) is 51.3. The monoisotopic (exact) mass is 524 g/mol.